The molecule has 0 unspecified atom stereocenters. The Hall–Kier alpha value is -2.45. The van der Waals surface area contributed by atoms with E-state index < -0.39 is 5.97 Å². The van der Waals surface area contributed by atoms with Crippen molar-refractivity contribution in [3.05, 3.63) is 48.5 Å². The minimum absolute atomic E-state index is 0.0112. The fourth-order valence-electron chi connectivity index (χ4n) is 3.11. The molecule has 8 heteroatoms. The Morgan fingerprint density at radius 1 is 1.00 bits per heavy atom. The van der Waals surface area contributed by atoms with Gasteiger partial charge < -0.3 is 9.64 Å². The van der Waals surface area contributed by atoms with Crippen LogP contribution in [-0.2, 0) is 14.3 Å². The van der Waals surface area contributed by atoms with Gasteiger partial charge in [-0.3, -0.25) is 19.3 Å². The van der Waals surface area contributed by atoms with Gasteiger partial charge in [-0.15, -0.1) is 0 Å². The summed E-state index contributed by atoms with van der Waals surface area (Å²) in [5.41, 5.74) is 1.57. The number of thioether (sulfide) groups is 1. The first-order chi connectivity index (χ1) is 13.6. The van der Waals surface area contributed by atoms with Gasteiger partial charge in [0.25, 0.3) is 11.1 Å². The van der Waals surface area contributed by atoms with Gasteiger partial charge in [-0.2, -0.15) is 0 Å². The van der Waals surface area contributed by atoms with Crippen molar-refractivity contribution in [2.75, 3.05) is 30.3 Å². The molecule has 0 radical (unpaired) electrons. The Balaban J connectivity index is 1.42. The van der Waals surface area contributed by atoms with E-state index in [1.165, 1.54) is 11.8 Å². The van der Waals surface area contributed by atoms with E-state index in [0.717, 1.165) is 26.9 Å². The number of fused-ring (bicyclic) bond motifs is 2. The molecule has 0 aromatic heterocycles. The summed E-state index contributed by atoms with van der Waals surface area (Å²) < 4.78 is 5.20. The van der Waals surface area contributed by atoms with Gasteiger partial charge in [0.2, 0.25) is 0 Å². The van der Waals surface area contributed by atoms with Crippen molar-refractivity contribution in [1.82, 2.24) is 4.90 Å². The summed E-state index contributed by atoms with van der Waals surface area (Å²) in [6, 6.07) is 15.3. The molecule has 1 fully saturated rings. The van der Waals surface area contributed by atoms with E-state index in [4.69, 9.17) is 4.74 Å². The molecule has 0 N–H and O–H groups in total. The number of carbonyl (C=O) groups is 3. The molecule has 0 spiro atoms. The van der Waals surface area contributed by atoms with E-state index in [2.05, 4.69) is 0 Å². The maximum absolute atomic E-state index is 12.9. The number of amides is 2. The number of nitrogens with zero attached hydrogens (tertiary/aromatic N) is 2. The van der Waals surface area contributed by atoms with E-state index in [-0.39, 0.29) is 24.2 Å². The van der Waals surface area contributed by atoms with Crippen molar-refractivity contribution < 1.29 is 19.1 Å². The molecule has 4 rings (SSSR count). The van der Waals surface area contributed by atoms with Crippen LogP contribution in [0.2, 0.25) is 0 Å². The zero-order chi connectivity index (χ0) is 19.5. The zero-order valence-corrected chi connectivity index (χ0v) is 16.6. The lowest BCUT2D eigenvalue weighted by Gasteiger charge is -2.30. The van der Waals surface area contributed by atoms with E-state index in [9.17, 15) is 14.4 Å². The Morgan fingerprint density at radius 2 is 1.64 bits per heavy atom. The highest BCUT2D eigenvalue weighted by Gasteiger charge is 2.28. The van der Waals surface area contributed by atoms with Crippen LogP contribution in [0.3, 0.4) is 0 Å². The molecule has 2 heterocycles. The molecule has 144 valence electrons. The number of anilines is 2. The Bertz CT molecular complexity index is 888. The molecule has 2 amide bonds. The average molecular weight is 415 g/mol. The summed E-state index contributed by atoms with van der Waals surface area (Å²) in [5, 5.41) is -0.0112. The Kier molecular flexibility index (Phi) is 5.59. The molecule has 2 aliphatic heterocycles. The van der Waals surface area contributed by atoms with E-state index in [1.807, 2.05) is 48.5 Å². The summed E-state index contributed by atoms with van der Waals surface area (Å²) in [6.45, 7) is 0.633. The first kappa shape index (κ1) is 18.9. The number of rotatable bonds is 5. The predicted octanol–water partition coefficient (Wildman–Crippen LogP) is 3.92. The molecule has 0 saturated carbocycles. The van der Waals surface area contributed by atoms with Gasteiger partial charge in [-0.25, -0.2) is 0 Å². The third-order valence-corrected chi connectivity index (χ3v) is 6.49. The van der Waals surface area contributed by atoms with E-state index in [0.29, 0.717) is 13.1 Å². The van der Waals surface area contributed by atoms with Crippen LogP contribution in [0.25, 0.3) is 0 Å². The number of ether oxygens (including phenoxy) is 1. The normalized spacial score (nSPS) is 15.2. The lowest BCUT2D eigenvalue weighted by Crippen LogP contribution is -2.33. The molecule has 0 bridgehead atoms. The van der Waals surface area contributed by atoms with Crippen LogP contribution in [0.1, 0.15) is 6.42 Å². The maximum Gasteiger partial charge on any atom is 0.308 e. The molecule has 2 aliphatic rings. The molecular weight excluding hydrogens is 396 g/mol. The van der Waals surface area contributed by atoms with Gasteiger partial charge in [0.15, 0.2) is 6.61 Å². The van der Waals surface area contributed by atoms with Gasteiger partial charge in [0.05, 0.1) is 17.8 Å². The largest absolute Gasteiger partial charge is 0.455 e. The first-order valence-corrected chi connectivity index (χ1v) is 10.7. The van der Waals surface area contributed by atoms with Crippen molar-refractivity contribution in [3.63, 3.8) is 0 Å². The number of hydrogen-bond acceptors (Lipinski definition) is 6. The van der Waals surface area contributed by atoms with Crippen LogP contribution in [0.5, 0.6) is 0 Å². The zero-order valence-electron chi connectivity index (χ0n) is 15.0. The molecule has 28 heavy (non-hydrogen) atoms. The molecule has 2 aromatic carbocycles. The lowest BCUT2D eigenvalue weighted by molar-refractivity contribution is -0.147. The SMILES string of the molecule is O=C(CCN1CCSC1=O)OCC(=O)N1c2ccccc2Sc2ccccc21. The highest BCUT2D eigenvalue weighted by Crippen LogP contribution is 2.47. The highest BCUT2D eigenvalue weighted by atomic mass is 32.2. The maximum atomic E-state index is 12.9. The summed E-state index contributed by atoms with van der Waals surface area (Å²) >= 11 is 2.86. The third-order valence-electron chi connectivity index (χ3n) is 4.47. The van der Waals surface area contributed by atoms with Gasteiger partial charge in [0, 0.05) is 28.6 Å². The van der Waals surface area contributed by atoms with Gasteiger partial charge in [-0.05, 0) is 24.3 Å². The summed E-state index contributed by atoms with van der Waals surface area (Å²) in [7, 11) is 0. The Labute approximate surface area is 171 Å². The van der Waals surface area contributed by atoms with Crippen LogP contribution in [0, 0.1) is 0 Å². The third kappa shape index (κ3) is 3.88. The smallest absolute Gasteiger partial charge is 0.308 e. The van der Waals surface area contributed by atoms with Crippen molar-refractivity contribution in [2.45, 2.75) is 16.2 Å². The summed E-state index contributed by atoms with van der Waals surface area (Å²) in [4.78, 5) is 41.7. The van der Waals surface area contributed by atoms with Crippen LogP contribution in [-0.4, -0.2) is 47.5 Å². The predicted molar refractivity (Wildman–Crippen MR) is 109 cm³/mol. The second-order valence-electron chi connectivity index (χ2n) is 6.28. The summed E-state index contributed by atoms with van der Waals surface area (Å²) in [6.07, 6.45) is 0.0859. The average Bonchev–Trinajstić information content (AvgIpc) is 3.13. The highest BCUT2D eigenvalue weighted by molar-refractivity contribution is 8.13. The van der Waals surface area contributed by atoms with Crippen molar-refractivity contribution in [2.24, 2.45) is 0 Å². The molecule has 1 saturated heterocycles. The van der Waals surface area contributed by atoms with Crippen LogP contribution in [0.4, 0.5) is 16.2 Å². The molecular formula is C20H18N2O4S2. The number of carbonyl (C=O) groups excluding carboxylic acids is 3. The monoisotopic (exact) mass is 414 g/mol. The van der Waals surface area contributed by atoms with Crippen molar-refractivity contribution >= 4 is 52.0 Å². The molecule has 2 aromatic rings. The minimum atomic E-state index is -0.481. The fraction of sp³-hybridized carbons (Fsp3) is 0.250. The summed E-state index contributed by atoms with van der Waals surface area (Å²) in [5.74, 6) is -0.0367. The molecule has 0 aliphatic carbocycles. The molecule has 6 nitrogen and oxygen atoms in total. The standard InChI is InChI=1S/C20H18N2O4S2/c23-18(13-26-19(24)9-10-21-11-12-27-20(21)25)22-14-5-1-3-7-16(14)28-17-8-4-2-6-15(17)22/h1-8H,9-13H2. The topological polar surface area (TPSA) is 66.9 Å². The number of benzene rings is 2. The number of esters is 1. The quantitative estimate of drug-likeness (QED) is 0.691. The molecule has 0 atom stereocenters. The van der Waals surface area contributed by atoms with E-state index in [1.54, 1.807) is 21.6 Å². The Morgan fingerprint density at radius 3 is 2.25 bits per heavy atom. The van der Waals surface area contributed by atoms with Crippen LogP contribution >= 0.6 is 23.5 Å². The van der Waals surface area contributed by atoms with Crippen LogP contribution < -0.4 is 4.90 Å². The van der Waals surface area contributed by atoms with Gasteiger partial charge in [0.1, 0.15) is 0 Å². The first-order valence-electron chi connectivity index (χ1n) is 8.89. The van der Waals surface area contributed by atoms with Crippen LogP contribution in [0.15, 0.2) is 58.3 Å². The second-order valence-corrected chi connectivity index (χ2v) is 8.41. The number of para-hydroxylation sites is 2. The fourth-order valence-corrected chi connectivity index (χ4v) is 5.02. The minimum Gasteiger partial charge on any atom is -0.455 e. The van der Waals surface area contributed by atoms with Crippen molar-refractivity contribution in [1.29, 1.82) is 0 Å². The number of hydrogen-bond donors (Lipinski definition) is 0. The second kappa shape index (κ2) is 8.28. The van der Waals surface area contributed by atoms with Gasteiger partial charge >= 0.3 is 5.97 Å². The van der Waals surface area contributed by atoms with Gasteiger partial charge in [-0.1, -0.05) is 47.8 Å². The lowest BCUT2D eigenvalue weighted by atomic mass is 10.2. The van der Waals surface area contributed by atoms with E-state index >= 15 is 0 Å². The van der Waals surface area contributed by atoms with Crippen molar-refractivity contribution in [3.8, 4) is 0 Å².